The lowest BCUT2D eigenvalue weighted by Gasteiger charge is -2.25. The Morgan fingerprint density at radius 2 is 1.69 bits per heavy atom. The molecule has 0 amide bonds. The van der Waals surface area contributed by atoms with Crippen LogP contribution in [0.15, 0.2) is 79.0 Å². The minimum absolute atomic E-state index is 0.154. The molecule has 0 aliphatic carbocycles. The molecule has 3 aromatic carbocycles. The number of esters is 1. The second-order valence-corrected chi connectivity index (χ2v) is 10.3. The number of para-hydroxylation sites is 1. The molecule has 1 aliphatic rings. The molecule has 6 nitrogen and oxygen atoms in total. The summed E-state index contributed by atoms with van der Waals surface area (Å²) in [5, 5.41) is 1.40. The Morgan fingerprint density at radius 1 is 0.974 bits per heavy atom. The smallest absolute Gasteiger partial charge is 0.341 e. The maximum atomic E-state index is 12.6. The lowest BCUT2D eigenvalue weighted by atomic mass is 10.0. The molecule has 2 heterocycles. The Kier molecular flexibility index (Phi) is 8.64. The molecular weight excluding hydrogens is 533 g/mol. The van der Waals surface area contributed by atoms with Crippen molar-refractivity contribution < 1.29 is 14.3 Å². The zero-order chi connectivity index (χ0) is 27.2. The minimum Gasteiger partial charge on any atom is -0.489 e. The van der Waals surface area contributed by atoms with Crippen LogP contribution in [0.1, 0.15) is 51.6 Å². The molecule has 200 valence electrons. The molecule has 8 heteroatoms. The second-order valence-electron chi connectivity index (χ2n) is 9.45. The first-order valence-electron chi connectivity index (χ1n) is 12.9. The third-order valence-corrected chi connectivity index (χ3v) is 7.44. The van der Waals surface area contributed by atoms with Gasteiger partial charge in [-0.2, -0.15) is 0 Å². The van der Waals surface area contributed by atoms with Gasteiger partial charge < -0.3 is 14.4 Å². The maximum absolute atomic E-state index is 12.6. The van der Waals surface area contributed by atoms with Crippen LogP contribution in [0.3, 0.4) is 0 Å². The van der Waals surface area contributed by atoms with Crippen LogP contribution in [-0.4, -0.2) is 29.6 Å². The molecule has 5 rings (SSSR count). The largest absolute Gasteiger partial charge is 0.489 e. The van der Waals surface area contributed by atoms with Gasteiger partial charge in [-0.3, -0.25) is 0 Å². The van der Waals surface area contributed by atoms with Gasteiger partial charge in [0.15, 0.2) is 0 Å². The number of benzene rings is 3. The Balaban J connectivity index is 1.36. The van der Waals surface area contributed by atoms with Crippen LogP contribution in [0.25, 0.3) is 0 Å². The monoisotopic (exact) mass is 561 g/mol. The first-order valence-corrected chi connectivity index (χ1v) is 13.7. The lowest BCUT2D eigenvalue weighted by Crippen LogP contribution is -2.26. The predicted octanol–water partition coefficient (Wildman–Crippen LogP) is 7.28. The van der Waals surface area contributed by atoms with Gasteiger partial charge in [0, 0.05) is 22.8 Å². The highest BCUT2D eigenvalue weighted by atomic mass is 35.5. The summed E-state index contributed by atoms with van der Waals surface area (Å²) in [5.74, 6) is 0.963. The van der Waals surface area contributed by atoms with Crippen LogP contribution in [-0.2, 0) is 24.2 Å². The fourth-order valence-electron chi connectivity index (χ4n) is 4.90. The second kappa shape index (κ2) is 12.5. The fraction of sp³-hybridized carbons (Fsp3) is 0.258. The molecule has 0 spiro atoms. The highest BCUT2D eigenvalue weighted by molar-refractivity contribution is 6.30. The summed E-state index contributed by atoms with van der Waals surface area (Å²) >= 11 is 12.1. The Morgan fingerprint density at radius 3 is 2.44 bits per heavy atom. The molecule has 1 fully saturated rings. The van der Waals surface area contributed by atoms with Gasteiger partial charge in [0.2, 0.25) is 5.95 Å². The van der Waals surface area contributed by atoms with Crippen LogP contribution in [0, 0.1) is 0 Å². The van der Waals surface area contributed by atoms with E-state index in [0.717, 1.165) is 36.3 Å². The van der Waals surface area contributed by atoms with Gasteiger partial charge in [-0.05, 0) is 72.7 Å². The van der Waals surface area contributed by atoms with Crippen molar-refractivity contribution in [3.8, 4) is 5.75 Å². The van der Waals surface area contributed by atoms with E-state index in [0.29, 0.717) is 46.7 Å². The van der Waals surface area contributed by atoms with Gasteiger partial charge in [-0.1, -0.05) is 65.7 Å². The minimum atomic E-state index is -0.445. The number of halogens is 2. The van der Waals surface area contributed by atoms with Crippen molar-refractivity contribution in [2.24, 2.45) is 0 Å². The summed E-state index contributed by atoms with van der Waals surface area (Å²) in [4.78, 5) is 24.3. The number of ether oxygens (including phenoxy) is 2. The topological polar surface area (TPSA) is 64.5 Å². The summed E-state index contributed by atoms with van der Waals surface area (Å²) in [6.07, 6.45) is 4.78. The average molecular weight is 562 g/mol. The van der Waals surface area contributed by atoms with Crippen molar-refractivity contribution in [1.82, 2.24) is 9.97 Å². The molecule has 1 atom stereocenters. The van der Waals surface area contributed by atoms with Gasteiger partial charge >= 0.3 is 5.97 Å². The summed E-state index contributed by atoms with van der Waals surface area (Å²) in [7, 11) is 1.37. The fourth-order valence-corrected chi connectivity index (χ4v) is 5.15. The van der Waals surface area contributed by atoms with Gasteiger partial charge in [-0.25, -0.2) is 14.8 Å². The molecule has 1 saturated heterocycles. The molecule has 0 radical (unpaired) electrons. The number of anilines is 1. The summed E-state index contributed by atoms with van der Waals surface area (Å²) in [6.45, 7) is 1.27. The third-order valence-electron chi connectivity index (χ3n) is 6.94. The Bertz CT molecular complexity index is 1430. The van der Waals surface area contributed by atoms with Crippen molar-refractivity contribution in [2.45, 2.75) is 38.3 Å². The van der Waals surface area contributed by atoms with E-state index in [9.17, 15) is 4.79 Å². The quantitative estimate of drug-likeness (QED) is 0.200. The van der Waals surface area contributed by atoms with Crippen molar-refractivity contribution in [2.75, 3.05) is 18.6 Å². The van der Waals surface area contributed by atoms with E-state index < -0.39 is 5.97 Å². The van der Waals surface area contributed by atoms with Crippen molar-refractivity contribution in [3.05, 3.63) is 117 Å². The van der Waals surface area contributed by atoms with Gasteiger partial charge in [0.1, 0.15) is 12.4 Å². The number of rotatable bonds is 9. The highest BCUT2D eigenvalue weighted by Crippen LogP contribution is 2.35. The molecule has 0 saturated carbocycles. The van der Waals surface area contributed by atoms with Crippen LogP contribution in [0.4, 0.5) is 5.95 Å². The lowest BCUT2D eigenvalue weighted by molar-refractivity contribution is 0.0598. The van der Waals surface area contributed by atoms with Gasteiger partial charge in [0.25, 0.3) is 0 Å². The maximum Gasteiger partial charge on any atom is 0.341 e. The van der Waals surface area contributed by atoms with Crippen LogP contribution < -0.4 is 9.64 Å². The molecular formula is C31H29Cl2N3O3. The number of carbonyl (C=O) groups is 1. The van der Waals surface area contributed by atoms with Gasteiger partial charge in [-0.15, -0.1) is 0 Å². The number of hydrogen-bond acceptors (Lipinski definition) is 6. The van der Waals surface area contributed by atoms with Crippen LogP contribution >= 0.6 is 23.2 Å². The standard InChI is InChI=1S/C31H29Cl2N3O3/c1-38-30(37)26-19-34-31(36-18-4-6-28(36)22-10-15-25(33)16-11-22)35-27(26)17-12-23-5-2-3-7-29(23)39-20-21-8-13-24(32)14-9-21/h2-3,5,7-11,13-16,19,28H,4,6,12,17-18,20H2,1H3/t28-/m0/s1. The van der Waals surface area contributed by atoms with E-state index in [1.54, 1.807) is 6.20 Å². The van der Waals surface area contributed by atoms with Crippen molar-refractivity contribution in [3.63, 3.8) is 0 Å². The molecule has 0 N–H and O–H groups in total. The van der Waals surface area contributed by atoms with E-state index in [2.05, 4.69) is 22.0 Å². The number of aryl methyl sites for hydroxylation is 2. The van der Waals surface area contributed by atoms with E-state index in [1.807, 2.05) is 60.7 Å². The number of methoxy groups -OCH3 is 1. The number of nitrogens with zero attached hydrogens (tertiary/aromatic N) is 3. The van der Waals surface area contributed by atoms with Crippen molar-refractivity contribution in [1.29, 1.82) is 0 Å². The Hall–Kier alpha value is -3.61. The zero-order valence-corrected chi connectivity index (χ0v) is 23.2. The zero-order valence-electron chi connectivity index (χ0n) is 21.6. The molecule has 39 heavy (non-hydrogen) atoms. The van der Waals surface area contributed by atoms with E-state index in [1.165, 1.54) is 12.7 Å². The summed E-state index contributed by atoms with van der Waals surface area (Å²) in [6, 6.07) is 23.6. The van der Waals surface area contributed by atoms with E-state index in [4.69, 9.17) is 37.7 Å². The summed E-state index contributed by atoms with van der Waals surface area (Å²) < 4.78 is 11.2. The molecule has 1 aliphatic heterocycles. The van der Waals surface area contributed by atoms with E-state index in [-0.39, 0.29) is 6.04 Å². The average Bonchev–Trinajstić information content (AvgIpc) is 3.46. The SMILES string of the molecule is COC(=O)c1cnc(N2CCC[C@H]2c2ccc(Cl)cc2)nc1CCc1ccccc1OCc1ccc(Cl)cc1. The van der Waals surface area contributed by atoms with E-state index >= 15 is 0 Å². The van der Waals surface area contributed by atoms with Crippen LogP contribution in [0.5, 0.6) is 5.75 Å². The first-order chi connectivity index (χ1) is 19.0. The number of carbonyl (C=O) groups excluding carboxylic acids is 1. The summed E-state index contributed by atoms with van der Waals surface area (Å²) in [5.41, 5.74) is 4.26. The first kappa shape index (κ1) is 27.0. The molecule has 0 unspecified atom stereocenters. The number of aromatic nitrogens is 2. The molecule has 0 bridgehead atoms. The van der Waals surface area contributed by atoms with Gasteiger partial charge in [0.05, 0.1) is 24.4 Å². The highest BCUT2D eigenvalue weighted by Gasteiger charge is 2.29. The third kappa shape index (κ3) is 6.52. The predicted molar refractivity (Wildman–Crippen MR) is 154 cm³/mol. The van der Waals surface area contributed by atoms with Crippen molar-refractivity contribution >= 4 is 35.1 Å². The Labute approximate surface area is 238 Å². The number of hydrogen-bond donors (Lipinski definition) is 0. The molecule has 4 aromatic rings. The normalized spacial score (nSPS) is 14.8. The molecule has 1 aromatic heterocycles. The van der Waals surface area contributed by atoms with Crippen LogP contribution in [0.2, 0.25) is 10.0 Å².